The molecular weight excluding hydrogens is 324 g/mol. The first kappa shape index (κ1) is 16.3. The van der Waals surface area contributed by atoms with Crippen LogP contribution in [0.25, 0.3) is 10.2 Å². The Morgan fingerprint density at radius 3 is 2.67 bits per heavy atom. The first-order valence-electron chi connectivity index (χ1n) is 7.51. The molecule has 1 aromatic heterocycles. The Bertz CT molecular complexity index is 889. The third kappa shape index (κ3) is 3.33. The van der Waals surface area contributed by atoms with E-state index < -0.39 is 0 Å². The summed E-state index contributed by atoms with van der Waals surface area (Å²) in [4.78, 5) is 16.6. The molecule has 6 heteroatoms. The van der Waals surface area contributed by atoms with Crippen LogP contribution in [0.5, 0.6) is 11.5 Å². The number of carbonyl (C=O) groups is 1. The maximum Gasteiger partial charge on any atom is 0.264 e. The summed E-state index contributed by atoms with van der Waals surface area (Å²) in [7, 11) is 1.56. The molecule has 0 atom stereocenters. The number of fused-ring (bicyclic) bond motifs is 1. The maximum absolute atomic E-state index is 12.1. The van der Waals surface area contributed by atoms with E-state index in [1.54, 1.807) is 19.2 Å². The molecule has 0 aliphatic heterocycles. The van der Waals surface area contributed by atoms with Gasteiger partial charge in [-0.05, 0) is 43.2 Å². The molecule has 5 nitrogen and oxygen atoms in total. The Labute approximate surface area is 144 Å². The lowest BCUT2D eigenvalue weighted by Gasteiger charge is -2.09. The third-order valence-corrected chi connectivity index (χ3v) is 4.70. The number of aromatic nitrogens is 1. The van der Waals surface area contributed by atoms with E-state index in [0.29, 0.717) is 16.6 Å². The van der Waals surface area contributed by atoms with E-state index in [0.717, 1.165) is 15.8 Å². The molecule has 0 bridgehead atoms. The highest BCUT2D eigenvalue weighted by molar-refractivity contribution is 7.22. The molecule has 24 heavy (non-hydrogen) atoms. The fraction of sp³-hybridized carbons (Fsp3) is 0.222. The number of thiazole rings is 1. The summed E-state index contributed by atoms with van der Waals surface area (Å²) in [5.74, 6) is 0.872. The second-order valence-corrected chi connectivity index (χ2v) is 6.39. The molecule has 0 aliphatic carbocycles. The predicted molar refractivity (Wildman–Crippen MR) is 96.2 cm³/mol. The quantitative estimate of drug-likeness (QED) is 0.763. The molecular formula is C18H18N2O3S. The van der Waals surface area contributed by atoms with E-state index in [9.17, 15) is 4.79 Å². The van der Waals surface area contributed by atoms with Gasteiger partial charge in [0, 0.05) is 0 Å². The number of hydrogen-bond donors (Lipinski definition) is 1. The van der Waals surface area contributed by atoms with Crippen LogP contribution >= 0.6 is 11.3 Å². The number of nitrogens with one attached hydrogen (secondary N) is 1. The lowest BCUT2D eigenvalue weighted by atomic mass is 10.1. The molecule has 0 saturated carbocycles. The topological polar surface area (TPSA) is 60.5 Å². The largest absolute Gasteiger partial charge is 0.493 e. The van der Waals surface area contributed by atoms with E-state index in [1.165, 1.54) is 16.9 Å². The summed E-state index contributed by atoms with van der Waals surface area (Å²) in [5.41, 5.74) is 3.25. The molecule has 1 amide bonds. The van der Waals surface area contributed by atoms with Crippen molar-refractivity contribution in [2.24, 2.45) is 0 Å². The molecule has 0 spiro atoms. The summed E-state index contributed by atoms with van der Waals surface area (Å²) >= 11 is 1.45. The third-order valence-electron chi connectivity index (χ3n) is 3.76. The van der Waals surface area contributed by atoms with Crippen LogP contribution in [0.15, 0.2) is 36.4 Å². The fourth-order valence-electron chi connectivity index (χ4n) is 2.32. The zero-order chi connectivity index (χ0) is 17.1. The van der Waals surface area contributed by atoms with E-state index in [4.69, 9.17) is 9.47 Å². The summed E-state index contributed by atoms with van der Waals surface area (Å²) in [6.45, 7) is 3.98. The highest BCUT2D eigenvalue weighted by Gasteiger charge is 2.12. The minimum atomic E-state index is -0.255. The molecule has 3 aromatic rings. The Balaban J connectivity index is 1.68. The van der Waals surface area contributed by atoms with Gasteiger partial charge in [0.2, 0.25) is 0 Å². The van der Waals surface area contributed by atoms with Crippen LogP contribution in [-0.4, -0.2) is 24.6 Å². The second kappa shape index (κ2) is 6.88. The SMILES string of the molecule is COc1ccccc1OCC(=O)Nc1nc2c(C)c(C)ccc2s1. The molecule has 0 saturated heterocycles. The van der Waals surface area contributed by atoms with Crippen LogP contribution in [0.3, 0.4) is 0 Å². The molecule has 2 aromatic carbocycles. The van der Waals surface area contributed by atoms with Crippen LogP contribution < -0.4 is 14.8 Å². The zero-order valence-electron chi connectivity index (χ0n) is 13.8. The lowest BCUT2D eigenvalue weighted by molar-refractivity contribution is -0.118. The molecule has 1 heterocycles. The average molecular weight is 342 g/mol. The van der Waals surface area contributed by atoms with Gasteiger partial charge in [0.15, 0.2) is 23.2 Å². The molecule has 0 fully saturated rings. The number of aryl methyl sites for hydroxylation is 2. The van der Waals surface area contributed by atoms with Gasteiger partial charge in [-0.3, -0.25) is 10.1 Å². The van der Waals surface area contributed by atoms with Gasteiger partial charge in [0.25, 0.3) is 5.91 Å². The van der Waals surface area contributed by atoms with Crippen molar-refractivity contribution in [3.05, 3.63) is 47.5 Å². The molecule has 1 N–H and O–H groups in total. The van der Waals surface area contributed by atoms with Crippen molar-refractivity contribution in [2.45, 2.75) is 13.8 Å². The summed E-state index contributed by atoms with van der Waals surface area (Å²) in [6.07, 6.45) is 0. The van der Waals surface area contributed by atoms with Gasteiger partial charge in [-0.2, -0.15) is 0 Å². The van der Waals surface area contributed by atoms with Crippen molar-refractivity contribution >= 4 is 32.6 Å². The van der Waals surface area contributed by atoms with Crippen LogP contribution in [0.4, 0.5) is 5.13 Å². The Morgan fingerprint density at radius 2 is 1.92 bits per heavy atom. The maximum atomic E-state index is 12.1. The molecule has 0 radical (unpaired) electrons. The minimum absolute atomic E-state index is 0.103. The van der Waals surface area contributed by atoms with Crippen LogP contribution in [0, 0.1) is 13.8 Å². The summed E-state index contributed by atoms with van der Waals surface area (Å²) < 4.78 is 11.8. The number of para-hydroxylation sites is 2. The number of nitrogens with zero attached hydrogens (tertiary/aromatic N) is 1. The molecule has 0 unspecified atom stereocenters. The standard InChI is InChI=1S/C18H18N2O3S/c1-11-8-9-15-17(12(11)2)20-18(24-15)19-16(21)10-23-14-7-5-4-6-13(14)22-3/h4-9H,10H2,1-3H3,(H,19,20,21). The van der Waals surface area contributed by atoms with Crippen molar-refractivity contribution in [3.63, 3.8) is 0 Å². The van der Waals surface area contributed by atoms with Crippen molar-refractivity contribution < 1.29 is 14.3 Å². The number of anilines is 1. The van der Waals surface area contributed by atoms with Gasteiger partial charge in [0.05, 0.1) is 17.3 Å². The average Bonchev–Trinajstić information content (AvgIpc) is 3.00. The number of hydrogen-bond acceptors (Lipinski definition) is 5. The summed E-state index contributed by atoms with van der Waals surface area (Å²) in [5, 5.41) is 3.36. The minimum Gasteiger partial charge on any atom is -0.493 e. The lowest BCUT2D eigenvalue weighted by Crippen LogP contribution is -2.20. The first-order valence-corrected chi connectivity index (χ1v) is 8.32. The van der Waals surface area contributed by atoms with E-state index in [-0.39, 0.29) is 12.5 Å². The van der Waals surface area contributed by atoms with E-state index in [2.05, 4.69) is 16.4 Å². The monoisotopic (exact) mass is 342 g/mol. The zero-order valence-corrected chi connectivity index (χ0v) is 14.6. The van der Waals surface area contributed by atoms with Gasteiger partial charge in [-0.15, -0.1) is 0 Å². The van der Waals surface area contributed by atoms with Crippen LogP contribution in [-0.2, 0) is 4.79 Å². The van der Waals surface area contributed by atoms with E-state index in [1.807, 2.05) is 32.0 Å². The predicted octanol–water partition coefficient (Wildman–Crippen LogP) is 3.94. The Morgan fingerprint density at radius 1 is 1.17 bits per heavy atom. The van der Waals surface area contributed by atoms with Crippen LogP contribution in [0.1, 0.15) is 11.1 Å². The summed E-state index contributed by atoms with van der Waals surface area (Å²) in [6, 6.07) is 11.3. The van der Waals surface area contributed by atoms with Gasteiger partial charge in [0.1, 0.15) is 0 Å². The smallest absolute Gasteiger partial charge is 0.264 e. The molecule has 3 rings (SSSR count). The Kier molecular flexibility index (Phi) is 4.66. The number of ether oxygens (including phenoxy) is 2. The van der Waals surface area contributed by atoms with Crippen molar-refractivity contribution in [1.29, 1.82) is 0 Å². The van der Waals surface area contributed by atoms with Gasteiger partial charge in [-0.1, -0.05) is 29.5 Å². The van der Waals surface area contributed by atoms with Crippen molar-refractivity contribution in [1.82, 2.24) is 4.98 Å². The first-order chi connectivity index (χ1) is 11.6. The number of methoxy groups -OCH3 is 1. The molecule has 0 aliphatic rings. The van der Waals surface area contributed by atoms with Gasteiger partial charge < -0.3 is 9.47 Å². The fourth-order valence-corrected chi connectivity index (χ4v) is 3.26. The number of amides is 1. The highest BCUT2D eigenvalue weighted by Crippen LogP contribution is 2.30. The van der Waals surface area contributed by atoms with Gasteiger partial charge in [-0.25, -0.2) is 4.98 Å². The van der Waals surface area contributed by atoms with Crippen molar-refractivity contribution in [3.8, 4) is 11.5 Å². The Hall–Kier alpha value is -2.60. The normalized spacial score (nSPS) is 10.6. The number of benzene rings is 2. The number of rotatable bonds is 5. The highest BCUT2D eigenvalue weighted by atomic mass is 32.1. The second-order valence-electron chi connectivity index (χ2n) is 5.36. The molecule has 124 valence electrons. The van der Waals surface area contributed by atoms with Crippen molar-refractivity contribution in [2.75, 3.05) is 19.0 Å². The van der Waals surface area contributed by atoms with E-state index >= 15 is 0 Å². The van der Waals surface area contributed by atoms with Gasteiger partial charge >= 0.3 is 0 Å². The van der Waals surface area contributed by atoms with Crippen LogP contribution in [0.2, 0.25) is 0 Å². The number of carbonyl (C=O) groups excluding carboxylic acids is 1.